The van der Waals surface area contributed by atoms with Gasteiger partial charge in [0.05, 0.1) is 0 Å². The minimum atomic E-state index is -0.821. The molecule has 0 radical (unpaired) electrons. The molecule has 0 N–H and O–H groups in total. The van der Waals surface area contributed by atoms with E-state index in [0.29, 0.717) is 19.3 Å². The molecule has 0 amide bonds. The molecule has 0 aromatic rings. The van der Waals surface area contributed by atoms with Crippen molar-refractivity contribution in [3.8, 4) is 0 Å². The Morgan fingerprint density at radius 2 is 0.500 bits per heavy atom. The highest BCUT2D eigenvalue weighted by Gasteiger charge is 2.19. The van der Waals surface area contributed by atoms with Crippen LogP contribution in [-0.2, 0) is 28.6 Å². The van der Waals surface area contributed by atoms with Crippen LogP contribution in [0.3, 0.4) is 0 Å². The zero-order valence-electron chi connectivity index (χ0n) is 51.5. The Bertz CT molecular complexity index is 1790. The second-order valence-electron chi connectivity index (χ2n) is 20.9. The van der Waals surface area contributed by atoms with Gasteiger partial charge in [0.25, 0.3) is 0 Å². The smallest absolute Gasteiger partial charge is 0.306 e. The van der Waals surface area contributed by atoms with Gasteiger partial charge < -0.3 is 14.2 Å². The van der Waals surface area contributed by atoms with Crippen molar-refractivity contribution in [2.75, 3.05) is 13.2 Å². The molecule has 0 aromatic carbocycles. The van der Waals surface area contributed by atoms with E-state index in [0.717, 1.165) is 141 Å². The minimum Gasteiger partial charge on any atom is -0.462 e. The van der Waals surface area contributed by atoms with E-state index in [2.05, 4.69) is 179 Å². The number of hydrogen-bond donors (Lipinski definition) is 0. The van der Waals surface area contributed by atoms with Crippen LogP contribution in [0.5, 0.6) is 0 Å². The molecule has 1 atom stereocenters. The molecule has 0 rings (SSSR count). The molecule has 0 heterocycles. The van der Waals surface area contributed by atoms with Gasteiger partial charge in [0.2, 0.25) is 0 Å². The number of rotatable bonds is 57. The van der Waals surface area contributed by atoms with E-state index < -0.39 is 6.10 Å². The zero-order valence-corrected chi connectivity index (χ0v) is 51.5. The molecular formula is C74H118O6. The van der Waals surface area contributed by atoms with Crippen molar-refractivity contribution in [1.82, 2.24) is 0 Å². The molecule has 0 aliphatic carbocycles. The SMILES string of the molecule is CC/C=C\C/C=C\C/C=C\C/C=C\C/C=C\C/C=C\C/C=C\C/C=C\C/C=C\CCCC(=O)OCC(COC(=O)CCCCCCC/C=C\CCCCCCC)OC(=O)CCCCCCCC/C=C\C/C=C\C/C=C\CCCCC. The summed E-state index contributed by atoms with van der Waals surface area (Å²) in [6.07, 6.45) is 96.8. The van der Waals surface area contributed by atoms with E-state index in [1.807, 2.05) is 0 Å². The van der Waals surface area contributed by atoms with Crippen molar-refractivity contribution in [2.24, 2.45) is 0 Å². The van der Waals surface area contributed by atoms with Gasteiger partial charge in [0.15, 0.2) is 6.10 Å². The van der Waals surface area contributed by atoms with Crippen LogP contribution < -0.4 is 0 Å². The van der Waals surface area contributed by atoms with Gasteiger partial charge in [0.1, 0.15) is 13.2 Å². The van der Waals surface area contributed by atoms with Gasteiger partial charge in [-0.05, 0) is 148 Å². The number of allylic oxidation sites excluding steroid dienone is 26. The number of carbonyl (C=O) groups is 3. The van der Waals surface area contributed by atoms with Gasteiger partial charge in [-0.3, -0.25) is 14.4 Å². The van der Waals surface area contributed by atoms with Crippen molar-refractivity contribution in [1.29, 1.82) is 0 Å². The molecule has 0 spiro atoms. The fourth-order valence-corrected chi connectivity index (χ4v) is 8.39. The Morgan fingerprint density at radius 3 is 0.850 bits per heavy atom. The van der Waals surface area contributed by atoms with Crippen LogP contribution >= 0.6 is 0 Å². The molecule has 0 bridgehead atoms. The lowest BCUT2D eigenvalue weighted by atomic mass is 10.1. The highest BCUT2D eigenvalue weighted by molar-refractivity contribution is 5.71. The average Bonchev–Trinajstić information content (AvgIpc) is 3.46. The van der Waals surface area contributed by atoms with E-state index in [-0.39, 0.29) is 37.5 Å². The molecule has 0 saturated heterocycles. The van der Waals surface area contributed by atoms with E-state index in [9.17, 15) is 14.4 Å². The van der Waals surface area contributed by atoms with Crippen LogP contribution in [0.15, 0.2) is 158 Å². The largest absolute Gasteiger partial charge is 0.462 e. The predicted octanol–water partition coefficient (Wildman–Crippen LogP) is 22.5. The van der Waals surface area contributed by atoms with Crippen LogP contribution in [0.4, 0.5) is 0 Å². The molecule has 80 heavy (non-hydrogen) atoms. The summed E-state index contributed by atoms with van der Waals surface area (Å²) in [5.74, 6) is -0.997. The second-order valence-corrected chi connectivity index (χ2v) is 20.9. The lowest BCUT2D eigenvalue weighted by Crippen LogP contribution is -2.30. The van der Waals surface area contributed by atoms with Crippen molar-refractivity contribution in [2.45, 2.75) is 277 Å². The Kier molecular flexibility index (Phi) is 62.4. The number of esters is 3. The van der Waals surface area contributed by atoms with Crippen LogP contribution in [-0.4, -0.2) is 37.2 Å². The van der Waals surface area contributed by atoms with Crippen molar-refractivity contribution >= 4 is 17.9 Å². The maximum absolute atomic E-state index is 12.9. The topological polar surface area (TPSA) is 78.9 Å². The summed E-state index contributed by atoms with van der Waals surface area (Å²) < 4.78 is 16.9. The summed E-state index contributed by atoms with van der Waals surface area (Å²) in [4.78, 5) is 38.3. The first-order valence-corrected chi connectivity index (χ1v) is 32.5. The fourth-order valence-electron chi connectivity index (χ4n) is 8.39. The monoisotopic (exact) mass is 1100 g/mol. The zero-order chi connectivity index (χ0) is 57.8. The highest BCUT2D eigenvalue weighted by atomic mass is 16.6. The summed E-state index contributed by atoms with van der Waals surface area (Å²) in [6, 6.07) is 0. The first-order chi connectivity index (χ1) is 39.5. The number of hydrogen-bond acceptors (Lipinski definition) is 6. The Morgan fingerprint density at radius 1 is 0.263 bits per heavy atom. The van der Waals surface area contributed by atoms with Gasteiger partial charge in [-0.1, -0.05) is 262 Å². The van der Waals surface area contributed by atoms with Gasteiger partial charge in [-0.25, -0.2) is 0 Å². The lowest BCUT2D eigenvalue weighted by Gasteiger charge is -2.18. The predicted molar refractivity (Wildman–Crippen MR) is 348 cm³/mol. The van der Waals surface area contributed by atoms with Crippen molar-refractivity contribution < 1.29 is 28.6 Å². The molecule has 6 nitrogen and oxygen atoms in total. The molecule has 6 heteroatoms. The van der Waals surface area contributed by atoms with Crippen LogP contribution in [0.1, 0.15) is 271 Å². The van der Waals surface area contributed by atoms with Gasteiger partial charge in [0, 0.05) is 19.3 Å². The first-order valence-electron chi connectivity index (χ1n) is 32.5. The van der Waals surface area contributed by atoms with Gasteiger partial charge in [-0.15, -0.1) is 0 Å². The summed E-state index contributed by atoms with van der Waals surface area (Å²) in [7, 11) is 0. The molecule has 0 aromatic heterocycles. The first kappa shape index (κ1) is 75.0. The Labute approximate surface area is 492 Å². The summed E-state index contributed by atoms with van der Waals surface area (Å²) in [5, 5.41) is 0. The summed E-state index contributed by atoms with van der Waals surface area (Å²) in [6.45, 7) is 6.42. The molecule has 450 valence electrons. The quantitative estimate of drug-likeness (QED) is 0.0261. The van der Waals surface area contributed by atoms with Crippen molar-refractivity contribution in [3.63, 3.8) is 0 Å². The third-order valence-electron chi connectivity index (χ3n) is 13.2. The lowest BCUT2D eigenvalue weighted by molar-refractivity contribution is -0.167. The number of carbonyl (C=O) groups excluding carboxylic acids is 3. The number of ether oxygens (including phenoxy) is 3. The van der Waals surface area contributed by atoms with Crippen LogP contribution in [0.25, 0.3) is 0 Å². The third kappa shape index (κ3) is 63.9. The summed E-state index contributed by atoms with van der Waals surface area (Å²) in [5.41, 5.74) is 0. The van der Waals surface area contributed by atoms with Crippen molar-refractivity contribution in [3.05, 3.63) is 158 Å². The summed E-state index contributed by atoms with van der Waals surface area (Å²) >= 11 is 0. The molecular weight excluding hydrogens is 985 g/mol. The van der Waals surface area contributed by atoms with Crippen LogP contribution in [0.2, 0.25) is 0 Å². The Hall–Kier alpha value is -4.97. The van der Waals surface area contributed by atoms with Gasteiger partial charge >= 0.3 is 17.9 Å². The van der Waals surface area contributed by atoms with E-state index in [4.69, 9.17) is 14.2 Å². The molecule has 0 aliphatic rings. The number of unbranched alkanes of at least 4 members (excludes halogenated alkanes) is 20. The fraction of sp³-hybridized carbons (Fsp3) is 0.608. The maximum Gasteiger partial charge on any atom is 0.306 e. The second kappa shape index (κ2) is 66.5. The molecule has 1 unspecified atom stereocenters. The maximum atomic E-state index is 12.9. The molecule has 0 aliphatic heterocycles. The highest BCUT2D eigenvalue weighted by Crippen LogP contribution is 2.14. The normalized spacial score (nSPS) is 13.2. The standard InChI is InChI=1S/C74H118O6/c1-4-7-10-13-16-19-22-25-28-30-32-33-34-35-36-37-38-39-40-41-43-44-46-49-52-55-58-61-64-67-73(76)79-70-71(69-78-72(75)66-63-60-57-54-51-48-27-24-21-18-15-12-9-6-3)80-74(77)68-65-62-59-56-53-50-47-45-42-31-29-26-23-20-17-14-11-8-5-2/h7,10,16-17,19-20,24-29,32-33,35-36,38-39,41-43,45-46,49,55,58,71H,4-6,8-9,11-15,18,21-23,30-31,34,37,40,44,47-48,50-54,56-57,59-70H2,1-3H3/b10-7-,19-16-,20-17-,27-24-,28-25-,29-26-,33-32-,36-35-,39-38-,43-41-,45-42-,49-46-,58-55-. The van der Waals surface area contributed by atoms with Crippen LogP contribution in [0, 0.1) is 0 Å². The third-order valence-corrected chi connectivity index (χ3v) is 13.2. The van der Waals surface area contributed by atoms with E-state index >= 15 is 0 Å². The average molecular weight is 1100 g/mol. The Balaban J connectivity index is 4.50. The molecule has 0 saturated carbocycles. The minimum absolute atomic E-state index is 0.112. The van der Waals surface area contributed by atoms with E-state index in [1.54, 1.807) is 0 Å². The van der Waals surface area contributed by atoms with E-state index in [1.165, 1.54) is 83.5 Å². The van der Waals surface area contributed by atoms with Gasteiger partial charge in [-0.2, -0.15) is 0 Å². The molecule has 0 fully saturated rings.